The van der Waals surface area contributed by atoms with Crippen molar-refractivity contribution >= 4 is 33.9 Å². The first kappa shape index (κ1) is 62.4. The highest BCUT2D eigenvalue weighted by Crippen LogP contribution is 2.68. The van der Waals surface area contributed by atoms with Gasteiger partial charge in [-0.1, -0.05) is 224 Å². The molecule has 0 atom stereocenters. The van der Waals surface area contributed by atoms with Crippen LogP contribution in [0.15, 0.2) is 373 Å². The maximum atomic E-state index is 13.9. The van der Waals surface area contributed by atoms with E-state index >= 15 is 0 Å². The average molecular weight is 1300 g/mol. The Balaban J connectivity index is 0.807. The van der Waals surface area contributed by atoms with Gasteiger partial charge in [0.05, 0.1) is 27.7 Å². The van der Waals surface area contributed by atoms with Crippen LogP contribution in [0.3, 0.4) is 0 Å². The van der Waals surface area contributed by atoms with E-state index in [1.165, 1.54) is 0 Å². The molecule has 99 heavy (non-hydrogen) atoms. The van der Waals surface area contributed by atoms with Crippen LogP contribution in [-0.2, 0) is 5.41 Å². The number of fused-ring (bicyclic) bond motifs is 3. The summed E-state index contributed by atoms with van der Waals surface area (Å²) in [7, 11) is -2.28. The Morgan fingerprint density at radius 3 is 0.808 bits per heavy atom. The SMILES string of the molecule is CS(c1ccc(OC(=O)c2ccc(-c3ccccc3)cc2)cc1)(c1ccc(OC(=O)c2ccc(-c3ccccc3)cc2)cc1)c1ccc2c(c1)C(c1ccc(OC(=O)c3ccc(-c4ccccc4)cc3)cc1)(c1ccc(OC(=O)c3ccc(-c4ccccc4)cc3)cc1)c1ccccc1-2. The maximum absolute atomic E-state index is 13.9. The zero-order valence-corrected chi connectivity index (χ0v) is 54.6. The first-order valence-corrected chi connectivity index (χ1v) is 34.5. The largest absolute Gasteiger partial charge is 0.423 e. The van der Waals surface area contributed by atoms with Crippen molar-refractivity contribution in [3.63, 3.8) is 0 Å². The zero-order chi connectivity index (χ0) is 67.3. The number of ether oxygens (including phenoxy) is 4. The van der Waals surface area contributed by atoms with Gasteiger partial charge < -0.3 is 18.9 Å². The molecule has 0 N–H and O–H groups in total. The predicted octanol–water partition coefficient (Wildman–Crippen LogP) is 21.5. The van der Waals surface area contributed by atoms with Crippen molar-refractivity contribution in [2.24, 2.45) is 0 Å². The van der Waals surface area contributed by atoms with Crippen LogP contribution in [-0.4, -0.2) is 30.1 Å². The Bertz CT molecular complexity index is 4960. The highest BCUT2D eigenvalue weighted by Gasteiger charge is 2.47. The maximum Gasteiger partial charge on any atom is 0.343 e. The van der Waals surface area contributed by atoms with E-state index in [1.807, 2.05) is 273 Å². The molecule has 476 valence electrons. The van der Waals surface area contributed by atoms with Crippen LogP contribution in [0.1, 0.15) is 63.7 Å². The molecule has 15 rings (SSSR count). The van der Waals surface area contributed by atoms with E-state index < -0.39 is 39.3 Å². The minimum absolute atomic E-state index is 0.368. The molecule has 0 aliphatic heterocycles. The molecule has 0 fully saturated rings. The van der Waals surface area contributed by atoms with Gasteiger partial charge in [0.1, 0.15) is 23.0 Å². The smallest absolute Gasteiger partial charge is 0.343 e. The second kappa shape index (κ2) is 27.2. The van der Waals surface area contributed by atoms with Crippen molar-refractivity contribution in [2.45, 2.75) is 20.1 Å². The molecule has 1 aliphatic carbocycles. The Morgan fingerprint density at radius 2 is 0.495 bits per heavy atom. The van der Waals surface area contributed by atoms with E-state index in [0.717, 1.165) is 92.6 Å². The van der Waals surface area contributed by atoms with E-state index in [-0.39, 0.29) is 0 Å². The van der Waals surface area contributed by atoms with Crippen LogP contribution in [0.25, 0.3) is 55.6 Å². The molecule has 14 aromatic carbocycles. The van der Waals surface area contributed by atoms with Gasteiger partial charge in [-0.15, -0.1) is 0 Å². The van der Waals surface area contributed by atoms with Crippen molar-refractivity contribution in [3.8, 4) is 78.6 Å². The first-order valence-electron chi connectivity index (χ1n) is 32.5. The Morgan fingerprint density at radius 1 is 0.242 bits per heavy atom. The molecule has 0 spiro atoms. The summed E-state index contributed by atoms with van der Waals surface area (Å²) in [6.07, 6.45) is 2.25. The molecule has 0 saturated carbocycles. The average Bonchev–Trinajstić information content (AvgIpc) is 1.56. The van der Waals surface area contributed by atoms with E-state index in [2.05, 4.69) is 42.7 Å². The summed E-state index contributed by atoms with van der Waals surface area (Å²) < 4.78 is 24.4. The number of rotatable bonds is 17. The Labute approximate surface area is 576 Å². The molecule has 0 aromatic heterocycles. The number of hydrogen-bond acceptors (Lipinski definition) is 8. The number of benzene rings is 14. The lowest BCUT2D eigenvalue weighted by atomic mass is 9.67. The molecule has 0 amide bonds. The van der Waals surface area contributed by atoms with E-state index in [0.29, 0.717) is 45.3 Å². The van der Waals surface area contributed by atoms with Crippen molar-refractivity contribution in [1.29, 1.82) is 0 Å². The third-order valence-corrected chi connectivity index (χ3v) is 22.0. The monoisotopic (exact) mass is 1300 g/mol. The van der Waals surface area contributed by atoms with Crippen molar-refractivity contribution in [2.75, 3.05) is 6.26 Å². The topological polar surface area (TPSA) is 105 Å². The molecule has 0 saturated heterocycles. The fraction of sp³-hybridized carbons (Fsp3) is 0.0222. The van der Waals surface area contributed by atoms with Gasteiger partial charge in [-0.2, -0.15) is 10.0 Å². The molecular formula is C90H62O8S. The van der Waals surface area contributed by atoms with Crippen LogP contribution in [0.2, 0.25) is 0 Å². The molecule has 1 aliphatic rings. The minimum Gasteiger partial charge on any atom is -0.423 e. The molecule has 9 heteroatoms. The van der Waals surface area contributed by atoms with Crippen molar-refractivity contribution in [3.05, 3.63) is 402 Å². The fourth-order valence-corrected chi connectivity index (χ4v) is 16.1. The lowest BCUT2D eigenvalue weighted by molar-refractivity contribution is 0.0725. The van der Waals surface area contributed by atoms with Crippen LogP contribution in [0.4, 0.5) is 0 Å². The third-order valence-electron chi connectivity index (χ3n) is 18.4. The van der Waals surface area contributed by atoms with Crippen LogP contribution in [0, 0.1) is 0 Å². The zero-order valence-electron chi connectivity index (χ0n) is 53.7. The lowest BCUT2D eigenvalue weighted by Crippen LogP contribution is -2.28. The molecule has 14 aromatic rings. The summed E-state index contributed by atoms with van der Waals surface area (Å²) in [4.78, 5) is 58.3. The lowest BCUT2D eigenvalue weighted by Gasteiger charge is -2.39. The van der Waals surface area contributed by atoms with Gasteiger partial charge in [0.2, 0.25) is 0 Å². The first-order chi connectivity index (χ1) is 48.5. The summed E-state index contributed by atoms with van der Waals surface area (Å²) in [5.74, 6) is -0.444. The Kier molecular flexibility index (Phi) is 17.2. The molecule has 0 radical (unpaired) electrons. The van der Waals surface area contributed by atoms with Gasteiger partial charge in [0, 0.05) is 0 Å². The molecule has 8 nitrogen and oxygen atoms in total. The quantitative estimate of drug-likeness (QED) is 0.0656. The summed E-state index contributed by atoms with van der Waals surface area (Å²) >= 11 is 0. The van der Waals surface area contributed by atoms with E-state index in [1.54, 1.807) is 48.5 Å². The van der Waals surface area contributed by atoms with E-state index in [9.17, 15) is 19.2 Å². The van der Waals surface area contributed by atoms with Crippen LogP contribution in [0.5, 0.6) is 23.0 Å². The number of carbonyl (C=O) groups excluding carboxylic acids is 4. The normalized spacial score (nSPS) is 12.1. The van der Waals surface area contributed by atoms with Gasteiger partial charge in [-0.05, 0) is 232 Å². The van der Waals surface area contributed by atoms with Crippen LogP contribution >= 0.6 is 10.0 Å². The van der Waals surface area contributed by atoms with Gasteiger partial charge in [0.15, 0.2) is 0 Å². The number of esters is 4. The van der Waals surface area contributed by atoms with Crippen molar-refractivity contribution in [1.82, 2.24) is 0 Å². The molecule has 0 heterocycles. The minimum atomic E-state index is -2.28. The fourth-order valence-electron chi connectivity index (χ4n) is 13.2. The summed E-state index contributed by atoms with van der Waals surface area (Å²) in [5.41, 5.74) is 14.6. The number of hydrogen-bond donors (Lipinski definition) is 0. The van der Waals surface area contributed by atoms with E-state index in [4.69, 9.17) is 18.9 Å². The highest BCUT2D eigenvalue weighted by atomic mass is 32.3. The number of carbonyl (C=O) groups is 4. The second-order valence-corrected chi connectivity index (χ2v) is 27.5. The third kappa shape index (κ3) is 12.5. The van der Waals surface area contributed by atoms with Crippen molar-refractivity contribution < 1.29 is 38.1 Å². The summed E-state index contributed by atoms with van der Waals surface area (Å²) in [6.45, 7) is 0. The standard InChI is InChI=1S/C90H62O8S/c1-99(79-54-50-77(51-55-79)97-88(93)71-38-30-67(31-39-71)63-20-10-4-11-21-63,80-56-52-78(53-57-80)98-89(94)72-40-32-68(33-41-72)64-22-12-5-13-23-64)81-58-59-83-82-24-14-15-25-84(82)90(85(83)60-81,73-42-46-75(47-43-73)95-86(91)69-34-26-65(27-35-69)61-16-6-2-7-17-61)74-44-48-76(49-45-74)96-87(92)70-36-28-66(29-37-70)62-18-8-3-9-19-62/h2-60H,1H3. The van der Waals surface area contributed by atoms with Gasteiger partial charge in [0.25, 0.3) is 0 Å². The van der Waals surface area contributed by atoms with Gasteiger partial charge >= 0.3 is 23.9 Å². The predicted molar refractivity (Wildman–Crippen MR) is 392 cm³/mol. The Hall–Kier alpha value is -12.7. The second-order valence-electron chi connectivity index (χ2n) is 24.2. The molecular weight excluding hydrogens is 1240 g/mol. The molecule has 0 unspecified atom stereocenters. The van der Waals surface area contributed by atoms with Gasteiger partial charge in [-0.25, -0.2) is 19.2 Å². The summed E-state index contributed by atoms with van der Waals surface area (Å²) in [5, 5.41) is 0. The van der Waals surface area contributed by atoms with Crippen LogP contribution < -0.4 is 18.9 Å². The summed E-state index contributed by atoms with van der Waals surface area (Å²) in [6, 6.07) is 116. The highest BCUT2D eigenvalue weighted by molar-refractivity contribution is 8.33. The van der Waals surface area contributed by atoms with Gasteiger partial charge in [-0.3, -0.25) is 0 Å². The molecule has 0 bridgehead atoms.